The average Bonchev–Trinajstić information content (AvgIpc) is 2.69. The Labute approximate surface area is 180 Å². The number of nitrogens with zero attached hydrogens (tertiary/aromatic N) is 2. The highest BCUT2D eigenvalue weighted by Crippen LogP contribution is 2.37. The SMILES string of the molecule is Cc1ccccc1-c1ccc2c(c1)O[C@@H](CN(C)C)[C@@H](C)CN([C@H](C)CO)S2(=O)=O. The highest BCUT2D eigenvalue weighted by molar-refractivity contribution is 7.89. The van der Waals surface area contributed by atoms with Gasteiger partial charge in [0.15, 0.2) is 0 Å². The minimum absolute atomic E-state index is 0.0496. The third kappa shape index (κ3) is 4.54. The van der Waals surface area contributed by atoms with Crippen LogP contribution < -0.4 is 4.74 Å². The van der Waals surface area contributed by atoms with Gasteiger partial charge in [0.05, 0.1) is 6.61 Å². The maximum Gasteiger partial charge on any atom is 0.247 e. The smallest absolute Gasteiger partial charge is 0.247 e. The molecule has 0 saturated heterocycles. The van der Waals surface area contributed by atoms with E-state index in [1.165, 1.54) is 4.31 Å². The first-order valence-electron chi connectivity index (χ1n) is 10.3. The van der Waals surface area contributed by atoms with Gasteiger partial charge >= 0.3 is 0 Å². The lowest BCUT2D eigenvalue weighted by Gasteiger charge is -2.37. The van der Waals surface area contributed by atoms with Crippen molar-refractivity contribution in [2.75, 3.05) is 33.8 Å². The first-order chi connectivity index (χ1) is 14.1. The Balaban J connectivity index is 2.17. The van der Waals surface area contributed by atoms with E-state index in [2.05, 4.69) is 0 Å². The number of hydrogen-bond acceptors (Lipinski definition) is 5. The number of aliphatic hydroxyl groups excluding tert-OH is 1. The topological polar surface area (TPSA) is 70.1 Å². The van der Waals surface area contributed by atoms with E-state index in [9.17, 15) is 13.5 Å². The van der Waals surface area contributed by atoms with Crippen LogP contribution in [0, 0.1) is 12.8 Å². The number of aryl methyl sites for hydroxylation is 1. The molecule has 3 atom stereocenters. The standard InChI is InChI=1S/C23H32N2O4S/c1-16-8-6-7-9-20(16)19-10-11-23-21(12-19)29-22(14-24(4)5)17(2)13-25(18(3)15-26)30(23,27)28/h6-12,17-18,22,26H,13-15H2,1-5H3/t17-,18+,22-/m0/s1. The molecule has 1 aliphatic rings. The summed E-state index contributed by atoms with van der Waals surface area (Å²) in [6, 6.07) is 12.8. The lowest BCUT2D eigenvalue weighted by atomic mass is 10.00. The molecule has 3 rings (SSSR count). The van der Waals surface area contributed by atoms with E-state index in [0.29, 0.717) is 18.8 Å². The fourth-order valence-corrected chi connectivity index (χ4v) is 5.69. The quantitative estimate of drug-likeness (QED) is 0.787. The molecule has 164 valence electrons. The zero-order valence-electron chi connectivity index (χ0n) is 18.4. The molecule has 0 bridgehead atoms. The molecule has 0 fully saturated rings. The molecular formula is C23H32N2O4S. The molecule has 1 heterocycles. The number of ether oxygens (including phenoxy) is 1. The molecule has 2 aromatic rings. The number of likely N-dealkylation sites (N-methyl/N-ethyl adjacent to an activating group) is 1. The molecule has 7 heteroatoms. The maximum absolute atomic E-state index is 13.5. The van der Waals surface area contributed by atoms with E-state index in [1.807, 2.05) is 69.2 Å². The number of benzene rings is 2. The van der Waals surface area contributed by atoms with Crippen LogP contribution >= 0.6 is 0 Å². The average molecular weight is 433 g/mol. The summed E-state index contributed by atoms with van der Waals surface area (Å²) in [7, 11) is 0.140. The second-order valence-corrected chi connectivity index (χ2v) is 10.3. The molecule has 0 radical (unpaired) electrons. The number of rotatable bonds is 5. The molecule has 0 unspecified atom stereocenters. The van der Waals surface area contributed by atoms with Crippen LogP contribution in [0.3, 0.4) is 0 Å². The van der Waals surface area contributed by atoms with Gasteiger partial charge < -0.3 is 14.7 Å². The van der Waals surface area contributed by atoms with Gasteiger partial charge in [0, 0.05) is 25.0 Å². The Hall–Kier alpha value is -1.93. The first-order valence-corrected chi connectivity index (χ1v) is 11.7. The molecule has 1 aliphatic heterocycles. The summed E-state index contributed by atoms with van der Waals surface area (Å²) in [4.78, 5) is 2.19. The number of sulfonamides is 1. The van der Waals surface area contributed by atoms with Crippen molar-refractivity contribution in [3.05, 3.63) is 48.0 Å². The van der Waals surface area contributed by atoms with Gasteiger partial charge in [-0.25, -0.2) is 8.42 Å². The minimum Gasteiger partial charge on any atom is -0.487 e. The van der Waals surface area contributed by atoms with E-state index in [1.54, 1.807) is 13.0 Å². The highest BCUT2D eigenvalue weighted by atomic mass is 32.2. The molecule has 0 saturated carbocycles. The molecule has 0 spiro atoms. The zero-order valence-corrected chi connectivity index (χ0v) is 19.2. The van der Waals surface area contributed by atoms with Crippen molar-refractivity contribution >= 4 is 10.0 Å². The van der Waals surface area contributed by atoms with Gasteiger partial charge in [0.25, 0.3) is 0 Å². The van der Waals surface area contributed by atoms with Crippen LogP contribution in [0.2, 0.25) is 0 Å². The number of aliphatic hydroxyl groups is 1. The summed E-state index contributed by atoms with van der Waals surface area (Å²) >= 11 is 0. The summed E-state index contributed by atoms with van der Waals surface area (Å²) in [6.45, 7) is 6.48. The molecule has 2 aromatic carbocycles. The minimum atomic E-state index is -3.81. The van der Waals surface area contributed by atoms with Crippen LogP contribution in [0.5, 0.6) is 5.75 Å². The van der Waals surface area contributed by atoms with E-state index in [-0.39, 0.29) is 23.5 Å². The van der Waals surface area contributed by atoms with Crippen LogP contribution in [0.4, 0.5) is 0 Å². The summed E-state index contributed by atoms with van der Waals surface area (Å²) < 4.78 is 34.7. The molecule has 6 nitrogen and oxygen atoms in total. The van der Waals surface area contributed by atoms with Gasteiger partial charge in [-0.05, 0) is 56.8 Å². The van der Waals surface area contributed by atoms with E-state index in [4.69, 9.17) is 4.74 Å². The van der Waals surface area contributed by atoms with Crippen molar-refractivity contribution < 1.29 is 18.3 Å². The fraction of sp³-hybridized carbons (Fsp3) is 0.478. The summed E-state index contributed by atoms with van der Waals surface area (Å²) in [5.74, 6) is 0.315. The Bertz CT molecular complexity index is 990. The van der Waals surface area contributed by atoms with E-state index < -0.39 is 16.1 Å². The lowest BCUT2D eigenvalue weighted by molar-refractivity contribution is 0.0813. The predicted molar refractivity (Wildman–Crippen MR) is 119 cm³/mol. The van der Waals surface area contributed by atoms with E-state index >= 15 is 0 Å². The van der Waals surface area contributed by atoms with E-state index in [0.717, 1.165) is 16.7 Å². The second kappa shape index (κ2) is 9.06. The number of hydrogen-bond donors (Lipinski definition) is 1. The predicted octanol–water partition coefficient (Wildman–Crippen LogP) is 2.99. The Morgan fingerprint density at radius 2 is 1.93 bits per heavy atom. The molecule has 0 amide bonds. The maximum atomic E-state index is 13.5. The Morgan fingerprint density at radius 1 is 1.23 bits per heavy atom. The van der Waals surface area contributed by atoms with Crippen molar-refractivity contribution in [1.29, 1.82) is 0 Å². The van der Waals surface area contributed by atoms with Crippen LogP contribution in [-0.4, -0.2) is 68.7 Å². The molecular weight excluding hydrogens is 400 g/mol. The Morgan fingerprint density at radius 3 is 2.57 bits per heavy atom. The number of fused-ring (bicyclic) bond motifs is 1. The summed E-state index contributed by atoms with van der Waals surface area (Å²) in [5, 5.41) is 9.70. The van der Waals surface area contributed by atoms with Crippen molar-refractivity contribution in [3.63, 3.8) is 0 Å². The van der Waals surface area contributed by atoms with Gasteiger partial charge in [0.1, 0.15) is 16.7 Å². The second-order valence-electron chi connectivity index (χ2n) is 8.48. The van der Waals surface area contributed by atoms with Crippen molar-refractivity contribution in [1.82, 2.24) is 9.21 Å². The fourth-order valence-electron chi connectivity index (χ4n) is 3.87. The van der Waals surface area contributed by atoms with Crippen LogP contribution in [0.15, 0.2) is 47.4 Å². The van der Waals surface area contributed by atoms with Gasteiger partial charge in [-0.2, -0.15) is 4.31 Å². The van der Waals surface area contributed by atoms with Gasteiger partial charge in [0.2, 0.25) is 10.0 Å². The third-order valence-corrected chi connectivity index (χ3v) is 7.69. The molecule has 1 N–H and O–H groups in total. The zero-order chi connectivity index (χ0) is 22.1. The highest BCUT2D eigenvalue weighted by Gasteiger charge is 2.38. The van der Waals surface area contributed by atoms with Crippen molar-refractivity contribution in [2.45, 2.75) is 37.8 Å². The molecule has 0 aliphatic carbocycles. The van der Waals surface area contributed by atoms with Gasteiger partial charge in [-0.1, -0.05) is 37.3 Å². The van der Waals surface area contributed by atoms with Crippen molar-refractivity contribution in [2.24, 2.45) is 5.92 Å². The van der Waals surface area contributed by atoms with Crippen LogP contribution in [-0.2, 0) is 10.0 Å². The third-order valence-electron chi connectivity index (χ3n) is 5.67. The van der Waals surface area contributed by atoms with Crippen molar-refractivity contribution in [3.8, 4) is 16.9 Å². The summed E-state index contributed by atoms with van der Waals surface area (Å²) in [6.07, 6.45) is -0.185. The van der Waals surface area contributed by atoms with Crippen LogP contribution in [0.1, 0.15) is 19.4 Å². The largest absolute Gasteiger partial charge is 0.487 e. The Kier molecular flexibility index (Phi) is 6.87. The van der Waals surface area contributed by atoms with Gasteiger partial charge in [-0.3, -0.25) is 0 Å². The van der Waals surface area contributed by atoms with Crippen LogP contribution in [0.25, 0.3) is 11.1 Å². The molecule has 0 aromatic heterocycles. The monoisotopic (exact) mass is 432 g/mol. The summed E-state index contributed by atoms with van der Waals surface area (Å²) in [5.41, 5.74) is 3.07. The lowest BCUT2D eigenvalue weighted by Crippen LogP contribution is -2.49. The molecule has 30 heavy (non-hydrogen) atoms. The van der Waals surface area contributed by atoms with Gasteiger partial charge in [-0.15, -0.1) is 0 Å². The normalized spacial score (nSPS) is 22.6. The first kappa shape index (κ1) is 22.7.